The van der Waals surface area contributed by atoms with Gasteiger partial charge in [-0.2, -0.15) is 0 Å². The first kappa shape index (κ1) is 12.5. The molecule has 0 saturated heterocycles. The molecule has 0 bridgehead atoms. The Kier molecular flexibility index (Phi) is 3.58. The predicted molar refractivity (Wildman–Crippen MR) is 70.9 cm³/mol. The van der Waals surface area contributed by atoms with E-state index in [1.54, 1.807) is 24.4 Å². The number of aromatic nitrogens is 2. The lowest BCUT2D eigenvalue weighted by Gasteiger charge is -2.09. The van der Waals surface area contributed by atoms with Crippen molar-refractivity contribution >= 4 is 23.3 Å². The summed E-state index contributed by atoms with van der Waals surface area (Å²) in [6, 6.07) is 5.16. The van der Waals surface area contributed by atoms with Crippen LogP contribution in [0.1, 0.15) is 21.6 Å². The van der Waals surface area contributed by atoms with Crippen LogP contribution in [0, 0.1) is 13.8 Å². The third-order valence-electron chi connectivity index (χ3n) is 2.49. The Morgan fingerprint density at radius 2 is 2.17 bits per heavy atom. The van der Waals surface area contributed by atoms with Gasteiger partial charge in [0, 0.05) is 28.7 Å². The summed E-state index contributed by atoms with van der Waals surface area (Å²) < 4.78 is 0. The Labute approximate surface area is 110 Å². The Balaban J connectivity index is 2.28. The topological polar surface area (TPSA) is 54.9 Å². The van der Waals surface area contributed by atoms with Crippen molar-refractivity contribution in [3.05, 3.63) is 52.4 Å². The van der Waals surface area contributed by atoms with Crippen LogP contribution in [0.4, 0.5) is 5.82 Å². The Bertz CT molecular complexity index is 584. The molecule has 0 unspecified atom stereocenters. The third-order valence-corrected chi connectivity index (χ3v) is 2.89. The standard InChI is InChI=1S/C13H12ClN3O/c1-8-6-11(14)9(2)12(16-8)17-13(18)10-4-3-5-15-7-10/h3-7H,1-2H3,(H,16,17,18). The summed E-state index contributed by atoms with van der Waals surface area (Å²) in [4.78, 5) is 20.1. The minimum absolute atomic E-state index is 0.250. The van der Waals surface area contributed by atoms with E-state index >= 15 is 0 Å². The van der Waals surface area contributed by atoms with Crippen LogP contribution in [-0.4, -0.2) is 15.9 Å². The summed E-state index contributed by atoms with van der Waals surface area (Å²) in [6.45, 7) is 3.64. The van der Waals surface area contributed by atoms with Crippen LogP contribution in [-0.2, 0) is 0 Å². The normalized spacial score (nSPS) is 10.2. The van der Waals surface area contributed by atoms with Gasteiger partial charge in [0.25, 0.3) is 5.91 Å². The quantitative estimate of drug-likeness (QED) is 0.904. The highest BCUT2D eigenvalue weighted by Gasteiger charge is 2.11. The van der Waals surface area contributed by atoms with Gasteiger partial charge in [-0.3, -0.25) is 9.78 Å². The van der Waals surface area contributed by atoms with Crippen molar-refractivity contribution in [1.29, 1.82) is 0 Å². The zero-order chi connectivity index (χ0) is 13.1. The molecule has 0 saturated carbocycles. The molecule has 2 aromatic rings. The number of hydrogen-bond acceptors (Lipinski definition) is 3. The molecule has 1 N–H and O–H groups in total. The molecule has 5 heteroatoms. The summed E-state index contributed by atoms with van der Waals surface area (Å²) in [5.74, 6) is 0.231. The second kappa shape index (κ2) is 5.14. The average molecular weight is 262 g/mol. The molecule has 2 aromatic heterocycles. The molecule has 0 atom stereocenters. The molecule has 4 nitrogen and oxygen atoms in total. The fourth-order valence-electron chi connectivity index (χ4n) is 1.50. The number of nitrogens with one attached hydrogen (secondary N) is 1. The minimum Gasteiger partial charge on any atom is -0.306 e. The second-order valence-electron chi connectivity index (χ2n) is 3.91. The monoisotopic (exact) mass is 261 g/mol. The first-order valence-electron chi connectivity index (χ1n) is 5.43. The largest absolute Gasteiger partial charge is 0.306 e. The van der Waals surface area contributed by atoms with Crippen LogP contribution in [0.2, 0.25) is 5.02 Å². The molecular formula is C13H12ClN3O. The van der Waals surface area contributed by atoms with Crippen molar-refractivity contribution in [2.45, 2.75) is 13.8 Å². The van der Waals surface area contributed by atoms with Crippen LogP contribution in [0.3, 0.4) is 0 Å². The first-order valence-corrected chi connectivity index (χ1v) is 5.81. The van der Waals surface area contributed by atoms with Gasteiger partial charge in [-0.15, -0.1) is 0 Å². The molecule has 0 aromatic carbocycles. The molecule has 0 aliphatic heterocycles. The summed E-state index contributed by atoms with van der Waals surface area (Å²) >= 11 is 6.04. The summed E-state index contributed by atoms with van der Waals surface area (Å²) in [5.41, 5.74) is 1.99. The van der Waals surface area contributed by atoms with Crippen molar-refractivity contribution in [3.8, 4) is 0 Å². The van der Waals surface area contributed by atoms with E-state index in [1.807, 2.05) is 13.8 Å². The fourth-order valence-corrected chi connectivity index (χ4v) is 1.74. The molecule has 0 aliphatic rings. The van der Waals surface area contributed by atoms with Gasteiger partial charge in [-0.25, -0.2) is 4.98 Å². The van der Waals surface area contributed by atoms with E-state index in [1.165, 1.54) is 6.20 Å². The minimum atomic E-state index is -0.250. The van der Waals surface area contributed by atoms with Crippen molar-refractivity contribution in [1.82, 2.24) is 9.97 Å². The SMILES string of the molecule is Cc1cc(Cl)c(C)c(NC(=O)c2cccnc2)n1. The number of carbonyl (C=O) groups is 1. The Morgan fingerprint density at radius 3 is 2.83 bits per heavy atom. The maximum absolute atomic E-state index is 12.0. The van der Waals surface area contributed by atoms with Gasteiger partial charge in [-0.05, 0) is 32.0 Å². The van der Waals surface area contributed by atoms with Crippen molar-refractivity contribution < 1.29 is 4.79 Å². The molecule has 0 fully saturated rings. The predicted octanol–water partition coefficient (Wildman–Crippen LogP) is 3.00. The Morgan fingerprint density at radius 1 is 1.39 bits per heavy atom. The molecule has 0 aliphatic carbocycles. The van der Waals surface area contributed by atoms with Gasteiger partial charge < -0.3 is 5.32 Å². The molecule has 18 heavy (non-hydrogen) atoms. The number of halogens is 1. The molecule has 0 radical (unpaired) electrons. The first-order chi connectivity index (χ1) is 8.58. The van der Waals surface area contributed by atoms with Gasteiger partial charge in [-0.1, -0.05) is 11.6 Å². The number of pyridine rings is 2. The van der Waals surface area contributed by atoms with E-state index < -0.39 is 0 Å². The molecular weight excluding hydrogens is 250 g/mol. The Hall–Kier alpha value is -1.94. The van der Waals surface area contributed by atoms with E-state index in [4.69, 9.17) is 11.6 Å². The highest BCUT2D eigenvalue weighted by molar-refractivity contribution is 6.31. The number of rotatable bonds is 2. The van der Waals surface area contributed by atoms with Gasteiger partial charge in [0.1, 0.15) is 5.82 Å². The number of nitrogens with zero attached hydrogens (tertiary/aromatic N) is 2. The highest BCUT2D eigenvalue weighted by atomic mass is 35.5. The van der Waals surface area contributed by atoms with Gasteiger partial charge in [0.15, 0.2) is 0 Å². The number of hydrogen-bond donors (Lipinski definition) is 1. The number of anilines is 1. The molecule has 2 rings (SSSR count). The van der Waals surface area contributed by atoms with Gasteiger partial charge in [0.05, 0.1) is 5.56 Å². The second-order valence-corrected chi connectivity index (χ2v) is 4.32. The van der Waals surface area contributed by atoms with Crippen LogP contribution in [0.25, 0.3) is 0 Å². The smallest absolute Gasteiger partial charge is 0.258 e. The van der Waals surface area contributed by atoms with Gasteiger partial charge >= 0.3 is 0 Å². The number of carbonyl (C=O) groups excluding carboxylic acids is 1. The van der Waals surface area contributed by atoms with E-state index in [0.29, 0.717) is 16.4 Å². The summed E-state index contributed by atoms with van der Waals surface area (Å²) in [7, 11) is 0. The van der Waals surface area contributed by atoms with E-state index in [-0.39, 0.29) is 5.91 Å². The van der Waals surface area contributed by atoms with Crippen molar-refractivity contribution in [3.63, 3.8) is 0 Å². The van der Waals surface area contributed by atoms with Gasteiger partial charge in [0.2, 0.25) is 0 Å². The van der Waals surface area contributed by atoms with E-state index in [0.717, 1.165) is 11.3 Å². The van der Waals surface area contributed by atoms with Crippen LogP contribution in [0.15, 0.2) is 30.6 Å². The van der Waals surface area contributed by atoms with Crippen molar-refractivity contribution in [2.75, 3.05) is 5.32 Å². The molecule has 0 spiro atoms. The summed E-state index contributed by atoms with van der Waals surface area (Å²) in [6.07, 6.45) is 3.12. The maximum atomic E-state index is 12.0. The zero-order valence-electron chi connectivity index (χ0n) is 10.1. The lowest BCUT2D eigenvalue weighted by atomic mass is 10.2. The highest BCUT2D eigenvalue weighted by Crippen LogP contribution is 2.22. The van der Waals surface area contributed by atoms with Crippen LogP contribution < -0.4 is 5.32 Å². The van der Waals surface area contributed by atoms with Crippen LogP contribution in [0.5, 0.6) is 0 Å². The lowest BCUT2D eigenvalue weighted by Crippen LogP contribution is -2.14. The number of amides is 1. The average Bonchev–Trinajstić information content (AvgIpc) is 2.36. The van der Waals surface area contributed by atoms with Crippen molar-refractivity contribution in [2.24, 2.45) is 0 Å². The third kappa shape index (κ3) is 2.65. The molecule has 1 amide bonds. The fraction of sp³-hybridized carbons (Fsp3) is 0.154. The zero-order valence-corrected chi connectivity index (χ0v) is 10.8. The molecule has 92 valence electrons. The maximum Gasteiger partial charge on any atom is 0.258 e. The summed E-state index contributed by atoms with van der Waals surface area (Å²) in [5, 5.41) is 3.32. The lowest BCUT2D eigenvalue weighted by molar-refractivity contribution is 0.102. The van der Waals surface area contributed by atoms with E-state index in [9.17, 15) is 4.79 Å². The van der Waals surface area contributed by atoms with Crippen LogP contribution >= 0.6 is 11.6 Å². The molecule has 2 heterocycles. The number of aryl methyl sites for hydroxylation is 1. The van der Waals surface area contributed by atoms with E-state index in [2.05, 4.69) is 15.3 Å².